The van der Waals surface area contributed by atoms with Crippen molar-refractivity contribution in [2.45, 2.75) is 0 Å². The molecule has 0 saturated heterocycles. The van der Waals surface area contributed by atoms with Crippen LogP contribution in [0.15, 0.2) is 182 Å². The van der Waals surface area contributed by atoms with Gasteiger partial charge in [0, 0.05) is 27.5 Å². The molecule has 0 N–H and O–H groups in total. The highest BCUT2D eigenvalue weighted by atomic mass is 15.1. The summed E-state index contributed by atoms with van der Waals surface area (Å²) in [6.07, 6.45) is 0. The lowest BCUT2D eigenvalue weighted by atomic mass is 9.98. The maximum atomic E-state index is 5.14. The zero-order valence-electron chi connectivity index (χ0n) is 26.6. The third kappa shape index (κ3) is 5.26. The van der Waals surface area contributed by atoms with Crippen LogP contribution in [0.5, 0.6) is 0 Å². The van der Waals surface area contributed by atoms with Gasteiger partial charge in [-0.05, 0) is 46.5 Å². The van der Waals surface area contributed by atoms with Crippen LogP contribution < -0.4 is 0 Å². The van der Waals surface area contributed by atoms with Crippen LogP contribution in [0, 0.1) is 0 Å². The molecular weight excluding hydrogens is 597 g/mol. The molecule has 0 aliphatic heterocycles. The molecule has 0 aliphatic rings. The Kier molecular flexibility index (Phi) is 7.10. The number of fused-ring (bicyclic) bond motifs is 3. The fraction of sp³-hybridized carbons (Fsp3) is 0. The van der Waals surface area contributed by atoms with E-state index in [4.69, 9.17) is 15.0 Å². The lowest BCUT2D eigenvalue weighted by molar-refractivity contribution is 1.06. The highest BCUT2D eigenvalue weighted by Gasteiger charge is 2.20. The normalized spacial score (nSPS) is 11.3. The number of benzene rings is 7. The van der Waals surface area contributed by atoms with Gasteiger partial charge in [-0.3, -0.25) is 0 Å². The van der Waals surface area contributed by atoms with Crippen LogP contribution in [0.2, 0.25) is 0 Å². The van der Waals surface area contributed by atoms with Gasteiger partial charge >= 0.3 is 0 Å². The summed E-state index contributed by atoms with van der Waals surface area (Å²) in [6, 6.07) is 63.4. The summed E-state index contributed by atoms with van der Waals surface area (Å²) in [7, 11) is 0. The fourth-order valence-corrected chi connectivity index (χ4v) is 6.68. The fourth-order valence-electron chi connectivity index (χ4n) is 6.68. The van der Waals surface area contributed by atoms with Gasteiger partial charge in [-0.25, -0.2) is 15.0 Å². The van der Waals surface area contributed by atoms with E-state index >= 15 is 0 Å². The van der Waals surface area contributed by atoms with E-state index in [-0.39, 0.29) is 0 Å². The minimum atomic E-state index is 0.621. The molecule has 49 heavy (non-hydrogen) atoms. The largest absolute Gasteiger partial charge is 0.308 e. The number of rotatable bonds is 6. The van der Waals surface area contributed by atoms with Crippen molar-refractivity contribution in [3.05, 3.63) is 182 Å². The molecule has 0 fully saturated rings. The third-order valence-electron chi connectivity index (χ3n) is 9.08. The van der Waals surface area contributed by atoms with Crippen molar-refractivity contribution in [1.82, 2.24) is 19.5 Å². The summed E-state index contributed by atoms with van der Waals surface area (Å²) in [4.78, 5) is 15.2. The van der Waals surface area contributed by atoms with Gasteiger partial charge in [0.1, 0.15) is 0 Å². The van der Waals surface area contributed by atoms with E-state index in [9.17, 15) is 0 Å². The second-order valence-corrected chi connectivity index (χ2v) is 12.1. The monoisotopic (exact) mass is 626 g/mol. The molecule has 0 amide bonds. The number of nitrogens with zero attached hydrogens (tertiary/aromatic N) is 4. The van der Waals surface area contributed by atoms with Crippen LogP contribution in [-0.4, -0.2) is 19.5 Å². The van der Waals surface area contributed by atoms with Crippen LogP contribution in [0.25, 0.3) is 83.9 Å². The van der Waals surface area contributed by atoms with Gasteiger partial charge < -0.3 is 4.57 Å². The second-order valence-electron chi connectivity index (χ2n) is 12.1. The Morgan fingerprint density at radius 1 is 0.306 bits per heavy atom. The van der Waals surface area contributed by atoms with Crippen molar-refractivity contribution in [3.8, 4) is 62.1 Å². The van der Waals surface area contributed by atoms with E-state index in [2.05, 4.69) is 120 Å². The molecule has 0 bridgehead atoms. The van der Waals surface area contributed by atoms with E-state index in [1.165, 1.54) is 21.9 Å². The maximum Gasteiger partial charge on any atom is 0.166 e. The predicted molar refractivity (Wildman–Crippen MR) is 201 cm³/mol. The highest BCUT2D eigenvalue weighted by molar-refractivity contribution is 6.09. The highest BCUT2D eigenvalue weighted by Crippen LogP contribution is 2.38. The molecule has 0 atom stereocenters. The number of hydrogen-bond donors (Lipinski definition) is 0. The van der Waals surface area contributed by atoms with E-state index in [1.54, 1.807) is 0 Å². The summed E-state index contributed by atoms with van der Waals surface area (Å²) in [6.45, 7) is 0. The summed E-state index contributed by atoms with van der Waals surface area (Å²) < 4.78 is 2.36. The van der Waals surface area contributed by atoms with Gasteiger partial charge in [0.05, 0.1) is 16.7 Å². The lowest BCUT2D eigenvalue weighted by Crippen LogP contribution is -2.04. The first-order chi connectivity index (χ1) is 24.3. The molecule has 4 heteroatoms. The van der Waals surface area contributed by atoms with Crippen molar-refractivity contribution in [3.63, 3.8) is 0 Å². The van der Waals surface area contributed by atoms with Crippen LogP contribution in [-0.2, 0) is 0 Å². The van der Waals surface area contributed by atoms with Crippen molar-refractivity contribution in [1.29, 1.82) is 0 Å². The zero-order chi connectivity index (χ0) is 32.6. The molecule has 9 aromatic rings. The van der Waals surface area contributed by atoms with E-state index in [0.29, 0.717) is 17.5 Å². The molecule has 0 saturated carbocycles. The molecule has 0 unspecified atom stereocenters. The summed E-state index contributed by atoms with van der Waals surface area (Å²) >= 11 is 0. The number of aromatic nitrogens is 4. The lowest BCUT2D eigenvalue weighted by Gasteiger charge is -2.16. The molecule has 7 aromatic carbocycles. The summed E-state index contributed by atoms with van der Waals surface area (Å²) in [5.41, 5.74) is 10.7. The van der Waals surface area contributed by atoms with Crippen molar-refractivity contribution in [2.24, 2.45) is 0 Å². The Morgan fingerprint density at radius 3 is 1.22 bits per heavy atom. The van der Waals surface area contributed by atoms with E-state index in [0.717, 1.165) is 44.5 Å². The predicted octanol–water partition coefficient (Wildman–Crippen LogP) is 11.3. The van der Waals surface area contributed by atoms with Crippen LogP contribution in [0.4, 0.5) is 0 Å². The molecular formula is C45H30N4. The molecule has 2 heterocycles. The van der Waals surface area contributed by atoms with Gasteiger partial charge in [0.25, 0.3) is 0 Å². The molecule has 230 valence electrons. The SMILES string of the molecule is c1ccc(-c2ccc(-c3ccc(-c4nc(-c5ccccc5)nc(-c5ccccc5)n4)c(-n4c5ccccc5c5ccccc54)c3)cc2)cc1. The Bertz CT molecular complexity index is 2460. The van der Waals surface area contributed by atoms with Crippen molar-refractivity contribution >= 4 is 21.8 Å². The minimum absolute atomic E-state index is 0.621. The molecule has 4 nitrogen and oxygen atoms in total. The van der Waals surface area contributed by atoms with Gasteiger partial charge in [-0.15, -0.1) is 0 Å². The zero-order valence-corrected chi connectivity index (χ0v) is 26.6. The Labute approximate surface area is 284 Å². The average molecular weight is 627 g/mol. The first-order valence-electron chi connectivity index (χ1n) is 16.5. The Hall–Kier alpha value is -6.65. The first kappa shape index (κ1) is 28.6. The quantitative estimate of drug-likeness (QED) is 0.184. The third-order valence-corrected chi connectivity index (χ3v) is 9.08. The smallest absolute Gasteiger partial charge is 0.166 e. The topological polar surface area (TPSA) is 43.6 Å². The van der Waals surface area contributed by atoms with Crippen LogP contribution >= 0.6 is 0 Å². The van der Waals surface area contributed by atoms with Crippen molar-refractivity contribution in [2.75, 3.05) is 0 Å². The van der Waals surface area contributed by atoms with Crippen molar-refractivity contribution < 1.29 is 0 Å². The minimum Gasteiger partial charge on any atom is -0.308 e. The summed E-state index contributed by atoms with van der Waals surface area (Å²) in [5, 5.41) is 2.40. The molecule has 2 aromatic heterocycles. The van der Waals surface area contributed by atoms with Gasteiger partial charge in [0.2, 0.25) is 0 Å². The molecule has 0 aliphatic carbocycles. The van der Waals surface area contributed by atoms with Gasteiger partial charge in [-0.2, -0.15) is 0 Å². The standard InChI is InChI=1S/C45H30N4/c1-4-14-31(15-5-1)32-24-26-33(27-25-32)36-28-29-39(42(30-36)49-40-22-12-10-20-37(40)38-21-11-13-23-41(38)49)45-47-43(34-16-6-2-7-17-34)46-44(48-45)35-18-8-3-9-19-35/h1-30H. The molecule has 9 rings (SSSR count). The van der Waals surface area contributed by atoms with Gasteiger partial charge in [0.15, 0.2) is 17.5 Å². The first-order valence-corrected chi connectivity index (χ1v) is 16.5. The second kappa shape index (κ2) is 12.2. The molecule has 0 radical (unpaired) electrons. The number of para-hydroxylation sites is 2. The van der Waals surface area contributed by atoms with E-state index in [1.807, 2.05) is 66.7 Å². The Morgan fingerprint density at radius 2 is 0.694 bits per heavy atom. The Balaban J connectivity index is 1.30. The maximum absolute atomic E-state index is 5.14. The van der Waals surface area contributed by atoms with Crippen LogP contribution in [0.3, 0.4) is 0 Å². The molecule has 0 spiro atoms. The summed E-state index contributed by atoms with van der Waals surface area (Å²) in [5.74, 6) is 1.90. The van der Waals surface area contributed by atoms with Gasteiger partial charge in [-0.1, -0.05) is 158 Å². The average Bonchev–Trinajstić information content (AvgIpc) is 3.53. The number of hydrogen-bond acceptors (Lipinski definition) is 3. The van der Waals surface area contributed by atoms with Crippen LogP contribution in [0.1, 0.15) is 0 Å². The van der Waals surface area contributed by atoms with E-state index < -0.39 is 0 Å².